The second kappa shape index (κ2) is 5.01. The Morgan fingerprint density at radius 1 is 1.50 bits per heavy atom. The summed E-state index contributed by atoms with van der Waals surface area (Å²) in [5, 5.41) is 0.648. The van der Waals surface area contributed by atoms with Gasteiger partial charge in [0.1, 0.15) is 0 Å². The lowest BCUT2D eigenvalue weighted by Crippen LogP contribution is -2.09. The highest BCUT2D eigenvalue weighted by Crippen LogP contribution is 2.25. The minimum absolute atomic E-state index is 0.639. The summed E-state index contributed by atoms with van der Waals surface area (Å²) < 4.78 is 0. The largest absolute Gasteiger partial charge is 0.387 e. The predicted octanol–water partition coefficient (Wildman–Crippen LogP) is 3.44. The fourth-order valence-electron chi connectivity index (χ4n) is 1.18. The molecule has 2 nitrogen and oxygen atoms in total. The van der Waals surface area contributed by atoms with Crippen LogP contribution in [-0.4, -0.2) is 5.84 Å². The Balaban J connectivity index is 2.95. The Bertz CT molecular complexity index is 345. The number of halogens is 1. The van der Waals surface area contributed by atoms with Crippen molar-refractivity contribution in [1.29, 1.82) is 0 Å². The van der Waals surface area contributed by atoms with Gasteiger partial charge in [-0.1, -0.05) is 24.6 Å². The summed E-state index contributed by atoms with van der Waals surface area (Å²) in [6.45, 7) is 4.07. The third-order valence-corrected chi connectivity index (χ3v) is 2.19. The SMILES string of the molecule is CCCC(N)=Nc1cc(C)ccc1Cl. The van der Waals surface area contributed by atoms with E-state index >= 15 is 0 Å². The Hall–Kier alpha value is -1.02. The molecule has 0 radical (unpaired) electrons. The van der Waals surface area contributed by atoms with Gasteiger partial charge in [0.15, 0.2) is 0 Å². The van der Waals surface area contributed by atoms with Crippen molar-refractivity contribution in [2.24, 2.45) is 10.7 Å². The molecular formula is C11H15ClN2. The van der Waals surface area contributed by atoms with E-state index in [2.05, 4.69) is 11.9 Å². The summed E-state index contributed by atoms with van der Waals surface area (Å²) in [7, 11) is 0. The number of aliphatic imine (C=N–C) groups is 1. The summed E-state index contributed by atoms with van der Waals surface area (Å²) in [4.78, 5) is 4.27. The van der Waals surface area contributed by atoms with Crippen LogP contribution in [0.2, 0.25) is 5.02 Å². The molecule has 0 heterocycles. The third-order valence-electron chi connectivity index (χ3n) is 1.87. The summed E-state index contributed by atoms with van der Waals surface area (Å²) in [6, 6.07) is 5.73. The van der Waals surface area contributed by atoms with Gasteiger partial charge in [-0.3, -0.25) is 0 Å². The van der Waals surface area contributed by atoms with Crippen LogP contribution in [0.4, 0.5) is 5.69 Å². The molecule has 1 rings (SSSR count). The number of benzene rings is 1. The van der Waals surface area contributed by atoms with Crippen LogP contribution in [0.3, 0.4) is 0 Å². The second-order valence-electron chi connectivity index (χ2n) is 3.31. The van der Waals surface area contributed by atoms with Gasteiger partial charge < -0.3 is 5.73 Å². The standard InChI is InChI=1S/C11H15ClN2/c1-3-4-11(13)14-10-7-8(2)5-6-9(10)12/h5-7H,3-4H2,1-2H3,(H2,13,14). The van der Waals surface area contributed by atoms with Crippen LogP contribution in [-0.2, 0) is 0 Å². The monoisotopic (exact) mass is 210 g/mol. The smallest absolute Gasteiger partial charge is 0.0996 e. The molecular weight excluding hydrogens is 196 g/mol. The maximum Gasteiger partial charge on any atom is 0.0996 e. The zero-order valence-electron chi connectivity index (χ0n) is 8.55. The zero-order chi connectivity index (χ0) is 10.6. The summed E-state index contributed by atoms with van der Waals surface area (Å²) in [6.07, 6.45) is 1.81. The number of rotatable bonds is 3. The van der Waals surface area contributed by atoms with Crippen LogP contribution in [0, 0.1) is 6.92 Å². The van der Waals surface area contributed by atoms with Crippen molar-refractivity contribution in [3.8, 4) is 0 Å². The van der Waals surface area contributed by atoms with E-state index in [1.807, 2.05) is 25.1 Å². The molecule has 3 heteroatoms. The molecule has 0 atom stereocenters. The van der Waals surface area contributed by atoms with E-state index < -0.39 is 0 Å². The van der Waals surface area contributed by atoms with Gasteiger partial charge in [0.05, 0.1) is 16.5 Å². The maximum atomic E-state index is 5.98. The van der Waals surface area contributed by atoms with Crippen LogP contribution in [0.5, 0.6) is 0 Å². The van der Waals surface area contributed by atoms with Gasteiger partial charge in [-0.25, -0.2) is 4.99 Å². The van der Waals surface area contributed by atoms with Gasteiger partial charge in [-0.05, 0) is 31.0 Å². The Kier molecular flexibility index (Phi) is 3.96. The zero-order valence-corrected chi connectivity index (χ0v) is 9.30. The van der Waals surface area contributed by atoms with E-state index in [0.717, 1.165) is 24.1 Å². The quantitative estimate of drug-likeness (QED) is 0.603. The fourth-order valence-corrected chi connectivity index (χ4v) is 1.33. The van der Waals surface area contributed by atoms with E-state index in [4.69, 9.17) is 17.3 Å². The average molecular weight is 211 g/mol. The second-order valence-corrected chi connectivity index (χ2v) is 3.72. The predicted molar refractivity (Wildman–Crippen MR) is 62.4 cm³/mol. The first-order valence-electron chi connectivity index (χ1n) is 4.72. The summed E-state index contributed by atoms with van der Waals surface area (Å²) in [5.74, 6) is 0.639. The summed E-state index contributed by atoms with van der Waals surface area (Å²) in [5.41, 5.74) is 7.62. The third kappa shape index (κ3) is 3.04. The van der Waals surface area contributed by atoms with Gasteiger partial charge in [-0.15, -0.1) is 0 Å². The van der Waals surface area contributed by atoms with Crippen LogP contribution in [0.25, 0.3) is 0 Å². The van der Waals surface area contributed by atoms with Crippen LogP contribution in [0.15, 0.2) is 23.2 Å². The number of nitrogens with two attached hydrogens (primary N) is 1. The molecule has 2 N–H and O–H groups in total. The number of amidine groups is 1. The minimum atomic E-state index is 0.639. The minimum Gasteiger partial charge on any atom is -0.387 e. The molecule has 0 fully saturated rings. The molecule has 0 aliphatic carbocycles. The van der Waals surface area contributed by atoms with Crippen molar-refractivity contribution in [3.63, 3.8) is 0 Å². The topological polar surface area (TPSA) is 38.4 Å². The normalized spacial score (nSPS) is 11.8. The fraction of sp³-hybridized carbons (Fsp3) is 0.364. The first-order chi connectivity index (χ1) is 6.63. The van der Waals surface area contributed by atoms with E-state index in [1.54, 1.807) is 0 Å². The van der Waals surface area contributed by atoms with Crippen molar-refractivity contribution in [3.05, 3.63) is 28.8 Å². The van der Waals surface area contributed by atoms with Gasteiger partial charge in [0.25, 0.3) is 0 Å². The Labute approximate surface area is 89.8 Å². The summed E-state index contributed by atoms with van der Waals surface area (Å²) >= 11 is 5.98. The molecule has 0 saturated heterocycles. The molecule has 0 spiro atoms. The number of nitrogens with zero attached hydrogens (tertiary/aromatic N) is 1. The molecule has 0 aromatic heterocycles. The van der Waals surface area contributed by atoms with Crippen molar-refractivity contribution in [2.45, 2.75) is 26.7 Å². The molecule has 0 aliphatic heterocycles. The Morgan fingerprint density at radius 2 is 2.21 bits per heavy atom. The molecule has 76 valence electrons. The highest BCUT2D eigenvalue weighted by Gasteiger charge is 1.99. The van der Waals surface area contributed by atoms with E-state index in [1.165, 1.54) is 0 Å². The first-order valence-corrected chi connectivity index (χ1v) is 5.10. The van der Waals surface area contributed by atoms with Crippen molar-refractivity contribution in [2.75, 3.05) is 0 Å². The highest BCUT2D eigenvalue weighted by atomic mass is 35.5. The van der Waals surface area contributed by atoms with Gasteiger partial charge >= 0.3 is 0 Å². The highest BCUT2D eigenvalue weighted by molar-refractivity contribution is 6.33. The lowest BCUT2D eigenvalue weighted by Gasteiger charge is -2.02. The van der Waals surface area contributed by atoms with Crippen molar-refractivity contribution < 1.29 is 0 Å². The average Bonchev–Trinajstić information content (AvgIpc) is 2.12. The van der Waals surface area contributed by atoms with Crippen LogP contribution < -0.4 is 5.73 Å². The van der Waals surface area contributed by atoms with E-state index in [9.17, 15) is 0 Å². The van der Waals surface area contributed by atoms with Crippen LogP contribution >= 0.6 is 11.6 Å². The number of hydrogen-bond donors (Lipinski definition) is 1. The molecule has 0 amide bonds. The first kappa shape index (κ1) is 11.1. The lowest BCUT2D eigenvalue weighted by molar-refractivity contribution is 0.983. The van der Waals surface area contributed by atoms with Gasteiger partial charge in [0, 0.05) is 6.42 Å². The number of hydrogen-bond acceptors (Lipinski definition) is 1. The Morgan fingerprint density at radius 3 is 2.86 bits per heavy atom. The molecule has 0 unspecified atom stereocenters. The lowest BCUT2D eigenvalue weighted by atomic mass is 10.2. The van der Waals surface area contributed by atoms with Gasteiger partial charge in [-0.2, -0.15) is 0 Å². The number of aryl methyl sites for hydroxylation is 1. The molecule has 1 aromatic rings. The van der Waals surface area contributed by atoms with Crippen LogP contribution in [0.1, 0.15) is 25.3 Å². The van der Waals surface area contributed by atoms with Gasteiger partial charge in [0.2, 0.25) is 0 Å². The molecule has 14 heavy (non-hydrogen) atoms. The molecule has 0 bridgehead atoms. The van der Waals surface area contributed by atoms with Crippen molar-refractivity contribution >= 4 is 23.1 Å². The molecule has 0 saturated carbocycles. The molecule has 1 aromatic carbocycles. The maximum absolute atomic E-state index is 5.98. The molecule has 0 aliphatic rings. The van der Waals surface area contributed by atoms with Crippen molar-refractivity contribution in [1.82, 2.24) is 0 Å². The van der Waals surface area contributed by atoms with E-state index in [0.29, 0.717) is 10.9 Å². The van der Waals surface area contributed by atoms with E-state index in [-0.39, 0.29) is 0 Å².